The Balaban J connectivity index is 2.14. The lowest BCUT2D eigenvalue weighted by Gasteiger charge is -2.25. The molecule has 2 rings (SSSR count). The number of thiocarbonyl (C=S) groups is 1. The van der Waals surface area contributed by atoms with Gasteiger partial charge in [-0.05, 0) is 30.9 Å². The van der Waals surface area contributed by atoms with Gasteiger partial charge in [0.1, 0.15) is 4.99 Å². The number of benzene rings is 1. The van der Waals surface area contributed by atoms with Gasteiger partial charge >= 0.3 is 0 Å². The van der Waals surface area contributed by atoms with Crippen LogP contribution in [0.5, 0.6) is 0 Å². The van der Waals surface area contributed by atoms with E-state index in [2.05, 4.69) is 18.3 Å². The van der Waals surface area contributed by atoms with Crippen molar-refractivity contribution in [2.24, 2.45) is 11.7 Å². The molecular formula is C15H22N2S. The van der Waals surface area contributed by atoms with Crippen LogP contribution in [0, 0.1) is 5.92 Å². The fraction of sp³-hybridized carbons (Fsp3) is 0.533. The van der Waals surface area contributed by atoms with E-state index in [9.17, 15) is 0 Å². The molecule has 0 saturated heterocycles. The summed E-state index contributed by atoms with van der Waals surface area (Å²) in [4.78, 5) is 0.472. The van der Waals surface area contributed by atoms with E-state index in [0.717, 1.165) is 11.3 Å². The lowest BCUT2D eigenvalue weighted by atomic mass is 9.96. The molecule has 3 heteroatoms. The van der Waals surface area contributed by atoms with Gasteiger partial charge in [-0.25, -0.2) is 0 Å². The second-order valence-corrected chi connectivity index (χ2v) is 5.72. The van der Waals surface area contributed by atoms with Crippen LogP contribution in [0.4, 0.5) is 5.69 Å². The van der Waals surface area contributed by atoms with Gasteiger partial charge < -0.3 is 11.1 Å². The molecule has 0 aromatic heterocycles. The van der Waals surface area contributed by atoms with Gasteiger partial charge in [-0.2, -0.15) is 0 Å². The van der Waals surface area contributed by atoms with Crippen LogP contribution in [0.15, 0.2) is 24.3 Å². The summed E-state index contributed by atoms with van der Waals surface area (Å²) in [6.45, 7) is 2.34. The van der Waals surface area contributed by atoms with E-state index < -0.39 is 0 Å². The van der Waals surface area contributed by atoms with E-state index in [1.807, 2.05) is 18.2 Å². The molecule has 1 saturated carbocycles. The summed E-state index contributed by atoms with van der Waals surface area (Å²) in [7, 11) is 0. The number of hydrogen-bond donors (Lipinski definition) is 2. The molecule has 1 aliphatic rings. The van der Waals surface area contributed by atoms with Crippen molar-refractivity contribution < 1.29 is 0 Å². The number of nitrogens with one attached hydrogen (secondary N) is 1. The fourth-order valence-electron chi connectivity index (χ4n) is 2.73. The third-order valence-electron chi connectivity index (χ3n) is 3.89. The normalized spacial score (nSPS) is 24.3. The van der Waals surface area contributed by atoms with Crippen LogP contribution >= 0.6 is 12.2 Å². The fourth-order valence-corrected chi connectivity index (χ4v) is 2.91. The first-order chi connectivity index (χ1) is 8.68. The summed E-state index contributed by atoms with van der Waals surface area (Å²) < 4.78 is 0. The maximum atomic E-state index is 5.78. The SMILES string of the molecule is CC1CCCCCC1Nc1ccccc1C(N)=S. The van der Waals surface area contributed by atoms with Crippen LogP contribution < -0.4 is 11.1 Å². The van der Waals surface area contributed by atoms with Crippen LogP contribution in [0.2, 0.25) is 0 Å². The van der Waals surface area contributed by atoms with Crippen LogP contribution in [-0.2, 0) is 0 Å². The number of anilines is 1. The lowest BCUT2D eigenvalue weighted by molar-refractivity contribution is 0.456. The number of hydrogen-bond acceptors (Lipinski definition) is 2. The Morgan fingerprint density at radius 2 is 1.94 bits per heavy atom. The molecule has 98 valence electrons. The highest BCUT2D eigenvalue weighted by Gasteiger charge is 2.20. The van der Waals surface area contributed by atoms with Crippen LogP contribution in [-0.4, -0.2) is 11.0 Å². The third kappa shape index (κ3) is 3.22. The number of rotatable bonds is 3. The second kappa shape index (κ2) is 6.19. The Bertz CT molecular complexity index is 417. The minimum atomic E-state index is 0.472. The summed E-state index contributed by atoms with van der Waals surface area (Å²) in [5.74, 6) is 0.715. The second-order valence-electron chi connectivity index (χ2n) is 5.28. The zero-order valence-corrected chi connectivity index (χ0v) is 11.8. The Morgan fingerprint density at radius 1 is 1.22 bits per heavy atom. The topological polar surface area (TPSA) is 38.0 Å². The smallest absolute Gasteiger partial charge is 0.106 e. The maximum Gasteiger partial charge on any atom is 0.106 e. The Labute approximate surface area is 115 Å². The van der Waals surface area contributed by atoms with Crippen molar-refractivity contribution in [3.8, 4) is 0 Å². The predicted molar refractivity (Wildman–Crippen MR) is 82.0 cm³/mol. The van der Waals surface area contributed by atoms with E-state index in [1.54, 1.807) is 0 Å². The van der Waals surface area contributed by atoms with Gasteiger partial charge in [0, 0.05) is 17.3 Å². The summed E-state index contributed by atoms with van der Waals surface area (Å²) in [6.07, 6.45) is 6.59. The average Bonchev–Trinajstić information content (AvgIpc) is 2.55. The first kappa shape index (κ1) is 13.3. The van der Waals surface area contributed by atoms with Crippen molar-refractivity contribution in [1.82, 2.24) is 0 Å². The van der Waals surface area contributed by atoms with Gasteiger partial charge in [-0.3, -0.25) is 0 Å². The highest BCUT2D eigenvalue weighted by Crippen LogP contribution is 2.27. The Kier molecular flexibility index (Phi) is 4.59. The minimum Gasteiger partial charge on any atom is -0.389 e. The van der Waals surface area contributed by atoms with Crippen LogP contribution in [0.25, 0.3) is 0 Å². The molecule has 3 N–H and O–H groups in total. The first-order valence-corrected chi connectivity index (χ1v) is 7.24. The Morgan fingerprint density at radius 3 is 2.72 bits per heavy atom. The molecule has 0 bridgehead atoms. The van der Waals surface area contributed by atoms with E-state index in [0.29, 0.717) is 16.9 Å². The highest BCUT2D eigenvalue weighted by molar-refractivity contribution is 7.80. The molecule has 1 fully saturated rings. The van der Waals surface area contributed by atoms with Gasteiger partial charge in [0.05, 0.1) is 0 Å². The van der Waals surface area contributed by atoms with Gasteiger partial charge in [0.15, 0.2) is 0 Å². The molecule has 1 aliphatic carbocycles. The zero-order valence-electron chi connectivity index (χ0n) is 11.0. The molecule has 18 heavy (non-hydrogen) atoms. The van der Waals surface area contributed by atoms with Crippen molar-refractivity contribution in [3.63, 3.8) is 0 Å². The average molecular weight is 262 g/mol. The summed E-state index contributed by atoms with van der Waals surface area (Å²) in [6, 6.07) is 8.63. The largest absolute Gasteiger partial charge is 0.389 e. The number of para-hydroxylation sites is 1. The van der Waals surface area contributed by atoms with E-state index in [1.165, 1.54) is 32.1 Å². The van der Waals surface area contributed by atoms with Crippen LogP contribution in [0.3, 0.4) is 0 Å². The van der Waals surface area contributed by atoms with Crippen molar-refractivity contribution in [3.05, 3.63) is 29.8 Å². The molecular weight excluding hydrogens is 240 g/mol. The third-order valence-corrected chi connectivity index (χ3v) is 4.11. The molecule has 0 aliphatic heterocycles. The van der Waals surface area contributed by atoms with Gasteiger partial charge in [0.2, 0.25) is 0 Å². The molecule has 0 spiro atoms. The molecule has 0 radical (unpaired) electrons. The van der Waals surface area contributed by atoms with Crippen LogP contribution in [0.1, 0.15) is 44.6 Å². The lowest BCUT2D eigenvalue weighted by Crippen LogP contribution is -2.27. The van der Waals surface area contributed by atoms with Crippen molar-refractivity contribution in [1.29, 1.82) is 0 Å². The minimum absolute atomic E-state index is 0.472. The molecule has 1 aromatic rings. The first-order valence-electron chi connectivity index (χ1n) is 6.84. The molecule has 1 aromatic carbocycles. The standard InChI is InChI=1S/C15H22N2S/c1-11-7-3-2-4-9-13(11)17-14-10-6-5-8-12(14)15(16)18/h5-6,8,10-11,13,17H,2-4,7,9H2,1H3,(H2,16,18). The summed E-state index contributed by atoms with van der Waals surface area (Å²) >= 11 is 5.11. The quantitative estimate of drug-likeness (QED) is 0.644. The summed E-state index contributed by atoms with van der Waals surface area (Å²) in [5, 5.41) is 3.65. The molecule has 2 nitrogen and oxygen atoms in total. The monoisotopic (exact) mass is 262 g/mol. The Hall–Kier alpha value is -1.09. The van der Waals surface area contributed by atoms with Gasteiger partial charge in [0.25, 0.3) is 0 Å². The van der Waals surface area contributed by atoms with E-state index in [-0.39, 0.29) is 0 Å². The number of nitrogens with two attached hydrogens (primary N) is 1. The van der Waals surface area contributed by atoms with Gasteiger partial charge in [-0.15, -0.1) is 0 Å². The highest BCUT2D eigenvalue weighted by atomic mass is 32.1. The summed E-state index contributed by atoms with van der Waals surface area (Å²) in [5.41, 5.74) is 7.83. The van der Waals surface area contributed by atoms with E-state index in [4.69, 9.17) is 18.0 Å². The van der Waals surface area contributed by atoms with E-state index >= 15 is 0 Å². The van der Waals surface area contributed by atoms with Crippen molar-refractivity contribution >= 4 is 22.9 Å². The van der Waals surface area contributed by atoms with Crippen molar-refractivity contribution in [2.45, 2.75) is 45.1 Å². The molecule has 0 amide bonds. The predicted octanol–water partition coefficient (Wildman–Crippen LogP) is 3.70. The molecule has 0 heterocycles. The van der Waals surface area contributed by atoms with Gasteiger partial charge in [-0.1, -0.05) is 50.5 Å². The molecule has 2 unspecified atom stereocenters. The zero-order chi connectivity index (χ0) is 13.0. The van der Waals surface area contributed by atoms with Crippen molar-refractivity contribution in [2.75, 3.05) is 5.32 Å². The maximum absolute atomic E-state index is 5.78. The molecule has 2 atom stereocenters.